The zero-order valence-corrected chi connectivity index (χ0v) is 13.9. The fourth-order valence-electron chi connectivity index (χ4n) is 2.79. The number of rotatable bonds is 4. The van der Waals surface area contributed by atoms with Gasteiger partial charge >= 0.3 is 0 Å². The van der Waals surface area contributed by atoms with Gasteiger partial charge in [-0.3, -0.25) is 14.9 Å². The highest BCUT2D eigenvalue weighted by Gasteiger charge is 2.16. The first-order valence-electron chi connectivity index (χ1n) is 8.19. The molecule has 0 N–H and O–H groups in total. The second-order valence-corrected chi connectivity index (χ2v) is 6.14. The lowest BCUT2D eigenvalue weighted by Crippen LogP contribution is -2.43. The highest BCUT2D eigenvalue weighted by atomic mass is 15.5. The minimum atomic E-state index is 0.976. The summed E-state index contributed by atoms with van der Waals surface area (Å²) < 4.78 is 0. The summed E-state index contributed by atoms with van der Waals surface area (Å²) in [6, 6.07) is 12.8. The van der Waals surface area contributed by atoms with E-state index in [4.69, 9.17) is 5.10 Å². The fraction of sp³-hybridized carbons (Fsp3) is 0.368. The third kappa shape index (κ3) is 4.39. The monoisotopic (exact) mass is 308 g/mol. The van der Waals surface area contributed by atoms with Gasteiger partial charge in [0.15, 0.2) is 0 Å². The number of benzene rings is 1. The normalized spacial score (nSPS) is 16.6. The maximum Gasteiger partial charge on any atom is 0.0662 e. The number of hydrogen-bond donors (Lipinski definition) is 0. The van der Waals surface area contributed by atoms with Gasteiger partial charge in [0.1, 0.15) is 0 Å². The predicted octanol–water partition coefficient (Wildman–Crippen LogP) is 2.93. The molecule has 0 spiro atoms. The van der Waals surface area contributed by atoms with Crippen LogP contribution in [0.25, 0.3) is 0 Å². The fourth-order valence-corrected chi connectivity index (χ4v) is 2.79. The lowest BCUT2D eigenvalue weighted by atomic mass is 10.1. The Bertz CT molecular complexity index is 641. The topological polar surface area (TPSA) is 31.7 Å². The van der Waals surface area contributed by atoms with Gasteiger partial charge in [-0.1, -0.05) is 35.9 Å². The summed E-state index contributed by atoms with van der Waals surface area (Å²) >= 11 is 0. The molecule has 0 bridgehead atoms. The van der Waals surface area contributed by atoms with Crippen molar-refractivity contribution in [1.82, 2.24) is 14.9 Å². The van der Waals surface area contributed by atoms with E-state index < -0.39 is 0 Å². The van der Waals surface area contributed by atoms with Crippen LogP contribution in [0.2, 0.25) is 0 Å². The van der Waals surface area contributed by atoms with Crippen LogP contribution >= 0.6 is 0 Å². The second-order valence-electron chi connectivity index (χ2n) is 6.14. The molecule has 23 heavy (non-hydrogen) atoms. The molecule has 0 aliphatic carbocycles. The Hall–Kier alpha value is -2.20. The number of hydrogen-bond acceptors (Lipinski definition) is 4. The van der Waals surface area contributed by atoms with Crippen molar-refractivity contribution in [2.75, 3.05) is 26.2 Å². The minimum Gasteiger partial charge on any atom is -0.295 e. The average molecular weight is 308 g/mol. The van der Waals surface area contributed by atoms with Crippen LogP contribution in [0.1, 0.15) is 23.6 Å². The lowest BCUT2D eigenvalue weighted by Gasteiger charge is -2.33. The number of nitrogens with zero attached hydrogens (tertiary/aromatic N) is 4. The molecule has 2 aromatic rings. The van der Waals surface area contributed by atoms with Crippen LogP contribution in [-0.2, 0) is 6.54 Å². The minimum absolute atomic E-state index is 0.976. The number of hydrazone groups is 1. The first-order chi connectivity index (χ1) is 11.2. The molecule has 1 aliphatic rings. The SMILES string of the molecule is C/C(=N/N1CCN(Cc2ccc(C)cc2)CC1)c1cccnc1. The van der Waals surface area contributed by atoms with Crippen LogP contribution in [0.3, 0.4) is 0 Å². The van der Waals surface area contributed by atoms with Crippen LogP contribution in [0.5, 0.6) is 0 Å². The van der Waals surface area contributed by atoms with E-state index in [1.165, 1.54) is 11.1 Å². The van der Waals surface area contributed by atoms with Gasteiger partial charge in [-0.2, -0.15) is 5.10 Å². The maximum atomic E-state index is 4.74. The first kappa shape index (κ1) is 15.7. The van der Waals surface area contributed by atoms with Crippen LogP contribution in [0.15, 0.2) is 53.9 Å². The van der Waals surface area contributed by atoms with Crippen molar-refractivity contribution in [2.24, 2.45) is 5.10 Å². The van der Waals surface area contributed by atoms with Crippen molar-refractivity contribution in [3.8, 4) is 0 Å². The lowest BCUT2D eigenvalue weighted by molar-refractivity contribution is 0.130. The first-order valence-corrected chi connectivity index (χ1v) is 8.19. The van der Waals surface area contributed by atoms with Gasteiger partial charge in [-0.05, 0) is 25.5 Å². The largest absolute Gasteiger partial charge is 0.295 e. The molecule has 1 fully saturated rings. The average Bonchev–Trinajstić information content (AvgIpc) is 2.59. The van der Waals surface area contributed by atoms with E-state index in [-0.39, 0.29) is 0 Å². The molecule has 0 unspecified atom stereocenters. The van der Waals surface area contributed by atoms with E-state index in [1.54, 1.807) is 6.20 Å². The van der Waals surface area contributed by atoms with E-state index in [9.17, 15) is 0 Å². The summed E-state index contributed by atoms with van der Waals surface area (Å²) in [6.45, 7) is 9.27. The number of pyridine rings is 1. The molecule has 0 atom stereocenters. The smallest absolute Gasteiger partial charge is 0.0662 e. The van der Waals surface area contributed by atoms with Crippen LogP contribution in [-0.4, -0.2) is 46.8 Å². The van der Waals surface area contributed by atoms with Gasteiger partial charge in [0, 0.05) is 50.7 Å². The third-order valence-corrected chi connectivity index (χ3v) is 4.25. The molecule has 0 saturated carbocycles. The number of aromatic nitrogens is 1. The zero-order valence-electron chi connectivity index (χ0n) is 13.9. The van der Waals surface area contributed by atoms with E-state index in [0.29, 0.717) is 0 Å². The van der Waals surface area contributed by atoms with E-state index >= 15 is 0 Å². The molecule has 1 aliphatic heterocycles. The van der Waals surface area contributed by atoms with E-state index in [0.717, 1.165) is 44.0 Å². The summed E-state index contributed by atoms with van der Waals surface area (Å²) in [7, 11) is 0. The van der Waals surface area contributed by atoms with Crippen LogP contribution in [0.4, 0.5) is 0 Å². The molecule has 4 heteroatoms. The Kier molecular flexibility index (Phi) is 5.03. The van der Waals surface area contributed by atoms with E-state index in [1.807, 2.05) is 12.3 Å². The number of aryl methyl sites for hydroxylation is 1. The molecule has 1 aromatic carbocycles. The predicted molar refractivity (Wildman–Crippen MR) is 94.5 cm³/mol. The summed E-state index contributed by atoms with van der Waals surface area (Å²) in [6.07, 6.45) is 3.66. The van der Waals surface area contributed by atoms with Crippen molar-refractivity contribution in [1.29, 1.82) is 0 Å². The Morgan fingerprint density at radius 2 is 1.83 bits per heavy atom. The van der Waals surface area contributed by atoms with Gasteiger partial charge in [0.05, 0.1) is 5.71 Å². The highest BCUT2D eigenvalue weighted by Crippen LogP contribution is 2.11. The van der Waals surface area contributed by atoms with E-state index in [2.05, 4.69) is 59.1 Å². The Labute approximate surface area is 138 Å². The highest BCUT2D eigenvalue weighted by molar-refractivity contribution is 5.98. The zero-order chi connectivity index (χ0) is 16.1. The molecule has 0 amide bonds. The Morgan fingerprint density at radius 1 is 1.09 bits per heavy atom. The number of piperazine rings is 1. The van der Waals surface area contributed by atoms with Gasteiger partial charge < -0.3 is 0 Å². The van der Waals surface area contributed by atoms with Gasteiger partial charge in [0.2, 0.25) is 0 Å². The van der Waals surface area contributed by atoms with Gasteiger partial charge in [0.25, 0.3) is 0 Å². The van der Waals surface area contributed by atoms with Crippen molar-refractivity contribution >= 4 is 5.71 Å². The van der Waals surface area contributed by atoms with Crippen LogP contribution in [0, 0.1) is 6.92 Å². The maximum absolute atomic E-state index is 4.74. The summed E-state index contributed by atoms with van der Waals surface area (Å²) in [4.78, 5) is 6.65. The molecule has 3 rings (SSSR count). The third-order valence-electron chi connectivity index (χ3n) is 4.25. The molecule has 2 heterocycles. The van der Waals surface area contributed by atoms with Gasteiger partial charge in [-0.25, -0.2) is 0 Å². The molecule has 120 valence electrons. The molecule has 4 nitrogen and oxygen atoms in total. The summed E-state index contributed by atoms with van der Waals surface area (Å²) in [5, 5.41) is 6.92. The standard InChI is InChI=1S/C19H24N4/c1-16-5-7-18(8-6-16)15-22-10-12-23(13-11-22)21-17(2)19-4-3-9-20-14-19/h3-9,14H,10-13,15H2,1-2H3/b21-17-. The van der Waals surface area contributed by atoms with Crippen molar-refractivity contribution < 1.29 is 0 Å². The molecule has 0 radical (unpaired) electrons. The van der Waals surface area contributed by atoms with Crippen molar-refractivity contribution in [3.05, 3.63) is 65.5 Å². The van der Waals surface area contributed by atoms with Gasteiger partial charge in [-0.15, -0.1) is 0 Å². The van der Waals surface area contributed by atoms with Crippen molar-refractivity contribution in [3.63, 3.8) is 0 Å². The molecular formula is C19H24N4. The summed E-state index contributed by atoms with van der Waals surface area (Å²) in [5.74, 6) is 0. The molecule has 1 saturated heterocycles. The molecular weight excluding hydrogens is 284 g/mol. The Morgan fingerprint density at radius 3 is 2.48 bits per heavy atom. The molecule has 1 aromatic heterocycles. The second kappa shape index (κ2) is 7.38. The van der Waals surface area contributed by atoms with Crippen molar-refractivity contribution in [2.45, 2.75) is 20.4 Å². The quantitative estimate of drug-likeness (QED) is 0.814. The summed E-state index contributed by atoms with van der Waals surface area (Å²) in [5.41, 5.74) is 4.83. The Balaban J connectivity index is 1.53. The van der Waals surface area contributed by atoms with Crippen LogP contribution < -0.4 is 0 Å².